The largest absolute Gasteiger partial charge is 0.268 e. The molecule has 0 unspecified atom stereocenters. The van der Waals surface area contributed by atoms with Gasteiger partial charge in [-0.1, -0.05) is 20.8 Å². The van der Waals surface area contributed by atoms with E-state index in [1.54, 1.807) is 6.20 Å². The van der Waals surface area contributed by atoms with Crippen LogP contribution < -0.4 is 0 Å². The van der Waals surface area contributed by atoms with Crippen LogP contribution in [-0.2, 0) is 5.41 Å². The van der Waals surface area contributed by atoms with Crippen molar-refractivity contribution >= 4 is 0 Å². The standard InChI is InChI=1S/C8H11N3/c1-8(2,3)6-5-10-11-7(6)4-9/h5H,1-3H3,(H,10,11). The van der Waals surface area contributed by atoms with Gasteiger partial charge in [0.25, 0.3) is 0 Å². The Kier molecular flexibility index (Phi) is 1.69. The summed E-state index contributed by atoms with van der Waals surface area (Å²) >= 11 is 0. The highest BCUT2D eigenvalue weighted by molar-refractivity contribution is 5.33. The molecule has 0 fully saturated rings. The van der Waals surface area contributed by atoms with Gasteiger partial charge in [0.2, 0.25) is 0 Å². The summed E-state index contributed by atoms with van der Waals surface area (Å²) in [4.78, 5) is 0. The van der Waals surface area contributed by atoms with E-state index in [9.17, 15) is 0 Å². The van der Waals surface area contributed by atoms with Crippen LogP contribution in [0.1, 0.15) is 32.0 Å². The zero-order valence-corrected chi connectivity index (χ0v) is 6.97. The molecule has 1 rings (SSSR count). The fourth-order valence-electron chi connectivity index (χ4n) is 0.940. The average molecular weight is 149 g/mol. The Morgan fingerprint density at radius 3 is 2.55 bits per heavy atom. The Labute approximate surface area is 66.0 Å². The SMILES string of the molecule is CC(C)(C)c1cn[nH]c1C#N. The van der Waals surface area contributed by atoms with Gasteiger partial charge in [0.05, 0.1) is 6.20 Å². The fourth-order valence-corrected chi connectivity index (χ4v) is 0.940. The maximum atomic E-state index is 8.65. The van der Waals surface area contributed by atoms with Crippen molar-refractivity contribution in [3.8, 4) is 6.07 Å². The van der Waals surface area contributed by atoms with Crippen molar-refractivity contribution < 1.29 is 0 Å². The summed E-state index contributed by atoms with van der Waals surface area (Å²) in [5.74, 6) is 0. The van der Waals surface area contributed by atoms with Crippen LogP contribution in [0.5, 0.6) is 0 Å². The molecule has 11 heavy (non-hydrogen) atoms. The molecular formula is C8H11N3. The molecule has 0 amide bonds. The van der Waals surface area contributed by atoms with Crippen LogP contribution in [0.4, 0.5) is 0 Å². The summed E-state index contributed by atoms with van der Waals surface area (Å²) in [5, 5.41) is 15.1. The lowest BCUT2D eigenvalue weighted by atomic mass is 9.88. The van der Waals surface area contributed by atoms with Crippen molar-refractivity contribution in [3.63, 3.8) is 0 Å². The van der Waals surface area contributed by atoms with E-state index in [0.29, 0.717) is 5.69 Å². The first-order chi connectivity index (χ1) is 5.05. The average Bonchev–Trinajstić information content (AvgIpc) is 2.31. The van der Waals surface area contributed by atoms with Gasteiger partial charge >= 0.3 is 0 Å². The molecule has 3 heteroatoms. The Bertz CT molecular complexity index is 285. The second-order valence-electron chi connectivity index (χ2n) is 3.52. The van der Waals surface area contributed by atoms with E-state index in [-0.39, 0.29) is 5.41 Å². The number of H-pyrrole nitrogens is 1. The third kappa shape index (κ3) is 1.40. The minimum atomic E-state index is -0.00192. The third-order valence-corrected chi connectivity index (χ3v) is 1.56. The van der Waals surface area contributed by atoms with Crippen LogP contribution in [0.15, 0.2) is 6.20 Å². The van der Waals surface area contributed by atoms with Gasteiger partial charge in [0.1, 0.15) is 11.8 Å². The Balaban J connectivity index is 3.15. The van der Waals surface area contributed by atoms with E-state index >= 15 is 0 Å². The van der Waals surface area contributed by atoms with Gasteiger partial charge in [-0.2, -0.15) is 10.4 Å². The summed E-state index contributed by atoms with van der Waals surface area (Å²) < 4.78 is 0. The molecule has 1 N–H and O–H groups in total. The first-order valence-corrected chi connectivity index (χ1v) is 3.49. The molecule has 0 spiro atoms. The van der Waals surface area contributed by atoms with Crippen molar-refractivity contribution in [2.24, 2.45) is 0 Å². The lowest BCUT2D eigenvalue weighted by Gasteiger charge is -2.15. The van der Waals surface area contributed by atoms with Gasteiger partial charge in [0, 0.05) is 5.56 Å². The van der Waals surface area contributed by atoms with Gasteiger partial charge in [-0.05, 0) is 5.41 Å². The predicted molar refractivity (Wildman–Crippen MR) is 42.0 cm³/mol. The molecule has 0 radical (unpaired) electrons. The lowest BCUT2D eigenvalue weighted by molar-refractivity contribution is 0.589. The number of hydrogen-bond donors (Lipinski definition) is 1. The van der Waals surface area contributed by atoms with Gasteiger partial charge in [-0.25, -0.2) is 0 Å². The second kappa shape index (κ2) is 2.39. The van der Waals surface area contributed by atoms with Gasteiger partial charge in [0.15, 0.2) is 0 Å². The molecule has 3 nitrogen and oxygen atoms in total. The summed E-state index contributed by atoms with van der Waals surface area (Å²) in [5.41, 5.74) is 1.54. The van der Waals surface area contributed by atoms with Crippen molar-refractivity contribution in [1.82, 2.24) is 10.2 Å². The smallest absolute Gasteiger partial charge is 0.139 e. The molecule has 1 aromatic rings. The predicted octanol–water partition coefficient (Wildman–Crippen LogP) is 1.58. The van der Waals surface area contributed by atoms with Crippen molar-refractivity contribution in [2.75, 3.05) is 0 Å². The molecule has 1 aromatic heterocycles. The van der Waals surface area contributed by atoms with Crippen LogP contribution in [0.2, 0.25) is 0 Å². The molecule has 0 atom stereocenters. The van der Waals surface area contributed by atoms with Crippen LogP contribution in [0.25, 0.3) is 0 Å². The van der Waals surface area contributed by atoms with E-state index in [1.165, 1.54) is 0 Å². The number of hydrogen-bond acceptors (Lipinski definition) is 2. The minimum Gasteiger partial charge on any atom is -0.268 e. The second-order valence-corrected chi connectivity index (χ2v) is 3.52. The topological polar surface area (TPSA) is 52.5 Å². The number of rotatable bonds is 0. The molecule has 58 valence electrons. The molecule has 0 saturated carbocycles. The summed E-state index contributed by atoms with van der Waals surface area (Å²) in [6.45, 7) is 6.16. The molecule has 0 aromatic carbocycles. The van der Waals surface area contributed by atoms with Crippen LogP contribution in [0, 0.1) is 11.3 Å². The van der Waals surface area contributed by atoms with Crippen molar-refractivity contribution in [1.29, 1.82) is 5.26 Å². The summed E-state index contributed by atoms with van der Waals surface area (Å²) in [6.07, 6.45) is 1.71. The number of aromatic nitrogens is 2. The monoisotopic (exact) mass is 149 g/mol. The van der Waals surface area contributed by atoms with E-state index in [2.05, 4.69) is 37.0 Å². The highest BCUT2D eigenvalue weighted by atomic mass is 15.1. The molecule has 0 aliphatic heterocycles. The summed E-state index contributed by atoms with van der Waals surface area (Å²) in [6, 6.07) is 2.06. The first kappa shape index (κ1) is 7.80. The molecular weight excluding hydrogens is 138 g/mol. The minimum absolute atomic E-state index is 0.00192. The quantitative estimate of drug-likeness (QED) is 0.608. The number of nitrogens with zero attached hydrogens (tertiary/aromatic N) is 2. The first-order valence-electron chi connectivity index (χ1n) is 3.49. The van der Waals surface area contributed by atoms with Gasteiger partial charge in [-0.3, -0.25) is 5.10 Å². The third-order valence-electron chi connectivity index (χ3n) is 1.56. The lowest BCUT2D eigenvalue weighted by Crippen LogP contribution is -2.11. The van der Waals surface area contributed by atoms with Crippen molar-refractivity contribution in [2.45, 2.75) is 26.2 Å². The molecule has 0 bridgehead atoms. The van der Waals surface area contributed by atoms with Crippen LogP contribution in [-0.4, -0.2) is 10.2 Å². The fraction of sp³-hybridized carbons (Fsp3) is 0.500. The normalized spacial score (nSPS) is 11.1. The number of nitriles is 1. The van der Waals surface area contributed by atoms with E-state index in [4.69, 9.17) is 5.26 Å². The molecule has 0 saturated heterocycles. The van der Waals surface area contributed by atoms with E-state index < -0.39 is 0 Å². The Hall–Kier alpha value is -1.30. The zero-order valence-electron chi connectivity index (χ0n) is 6.97. The number of nitrogens with one attached hydrogen (secondary N) is 1. The maximum absolute atomic E-state index is 8.65. The Morgan fingerprint density at radius 2 is 2.18 bits per heavy atom. The van der Waals surface area contributed by atoms with Crippen LogP contribution >= 0.6 is 0 Å². The summed E-state index contributed by atoms with van der Waals surface area (Å²) in [7, 11) is 0. The van der Waals surface area contributed by atoms with E-state index in [0.717, 1.165) is 5.56 Å². The highest BCUT2D eigenvalue weighted by Gasteiger charge is 2.19. The van der Waals surface area contributed by atoms with Gasteiger partial charge < -0.3 is 0 Å². The van der Waals surface area contributed by atoms with Crippen molar-refractivity contribution in [3.05, 3.63) is 17.5 Å². The Morgan fingerprint density at radius 1 is 1.55 bits per heavy atom. The molecule has 1 heterocycles. The van der Waals surface area contributed by atoms with E-state index in [1.807, 2.05) is 0 Å². The number of aromatic amines is 1. The van der Waals surface area contributed by atoms with Gasteiger partial charge in [-0.15, -0.1) is 0 Å². The maximum Gasteiger partial charge on any atom is 0.139 e. The zero-order chi connectivity index (χ0) is 8.48. The highest BCUT2D eigenvalue weighted by Crippen LogP contribution is 2.23. The molecule has 0 aliphatic rings. The molecule has 0 aliphatic carbocycles. The van der Waals surface area contributed by atoms with Crippen LogP contribution in [0.3, 0.4) is 0 Å².